The standard InChI is InChI=1S/C11H22N2O/c1-10(14)13-9-8-12-7-6-11-4-2-3-5-11/h11-12H,2-9H2,1H3,(H,13,14). The molecule has 3 nitrogen and oxygen atoms in total. The fourth-order valence-corrected chi connectivity index (χ4v) is 2.06. The zero-order valence-electron chi connectivity index (χ0n) is 9.14. The van der Waals surface area contributed by atoms with Gasteiger partial charge in [0.1, 0.15) is 0 Å². The highest BCUT2D eigenvalue weighted by Gasteiger charge is 2.13. The van der Waals surface area contributed by atoms with E-state index in [0.717, 1.165) is 25.6 Å². The van der Waals surface area contributed by atoms with Gasteiger partial charge in [-0.3, -0.25) is 4.79 Å². The Balaban J connectivity index is 1.82. The predicted molar refractivity (Wildman–Crippen MR) is 58.1 cm³/mol. The highest BCUT2D eigenvalue weighted by atomic mass is 16.1. The molecule has 1 amide bonds. The molecule has 2 N–H and O–H groups in total. The first kappa shape index (κ1) is 11.5. The van der Waals surface area contributed by atoms with Crippen LogP contribution >= 0.6 is 0 Å². The summed E-state index contributed by atoms with van der Waals surface area (Å²) in [6, 6.07) is 0. The quantitative estimate of drug-likeness (QED) is 0.631. The molecule has 1 rings (SSSR count). The van der Waals surface area contributed by atoms with E-state index in [1.807, 2.05) is 0 Å². The Hall–Kier alpha value is -0.570. The molecule has 1 saturated carbocycles. The molecule has 0 aromatic carbocycles. The number of carbonyl (C=O) groups is 1. The van der Waals surface area contributed by atoms with Crippen molar-refractivity contribution in [1.82, 2.24) is 10.6 Å². The van der Waals surface area contributed by atoms with Crippen molar-refractivity contribution in [2.45, 2.75) is 39.0 Å². The molecule has 1 aliphatic rings. The molecular weight excluding hydrogens is 176 g/mol. The minimum absolute atomic E-state index is 0.0580. The van der Waals surface area contributed by atoms with Crippen LogP contribution < -0.4 is 10.6 Å². The van der Waals surface area contributed by atoms with Gasteiger partial charge in [0.05, 0.1) is 0 Å². The van der Waals surface area contributed by atoms with Crippen LogP contribution in [0.25, 0.3) is 0 Å². The van der Waals surface area contributed by atoms with Gasteiger partial charge in [0.2, 0.25) is 5.91 Å². The van der Waals surface area contributed by atoms with Crippen molar-refractivity contribution in [3.63, 3.8) is 0 Å². The highest BCUT2D eigenvalue weighted by molar-refractivity contribution is 5.72. The Labute approximate surface area is 86.6 Å². The largest absolute Gasteiger partial charge is 0.355 e. The van der Waals surface area contributed by atoms with Crippen molar-refractivity contribution in [3.8, 4) is 0 Å². The molecule has 1 aliphatic carbocycles. The normalized spacial score (nSPS) is 17.2. The van der Waals surface area contributed by atoms with E-state index in [0.29, 0.717) is 0 Å². The van der Waals surface area contributed by atoms with Crippen LogP contribution in [0.4, 0.5) is 0 Å². The lowest BCUT2D eigenvalue weighted by Crippen LogP contribution is -2.31. The van der Waals surface area contributed by atoms with Crippen LogP contribution in [0.1, 0.15) is 39.0 Å². The number of rotatable bonds is 6. The maximum absolute atomic E-state index is 10.5. The fraction of sp³-hybridized carbons (Fsp3) is 0.909. The van der Waals surface area contributed by atoms with Gasteiger partial charge < -0.3 is 10.6 Å². The van der Waals surface area contributed by atoms with E-state index in [1.165, 1.54) is 32.1 Å². The van der Waals surface area contributed by atoms with E-state index in [-0.39, 0.29) is 5.91 Å². The van der Waals surface area contributed by atoms with Gasteiger partial charge in [-0.15, -0.1) is 0 Å². The summed E-state index contributed by atoms with van der Waals surface area (Å²) in [4.78, 5) is 10.5. The summed E-state index contributed by atoms with van der Waals surface area (Å²) >= 11 is 0. The number of nitrogens with one attached hydrogen (secondary N) is 2. The van der Waals surface area contributed by atoms with Gasteiger partial charge in [-0.05, 0) is 18.9 Å². The van der Waals surface area contributed by atoms with Crippen LogP contribution in [0.3, 0.4) is 0 Å². The van der Waals surface area contributed by atoms with E-state index >= 15 is 0 Å². The van der Waals surface area contributed by atoms with Crippen LogP contribution in [-0.2, 0) is 4.79 Å². The van der Waals surface area contributed by atoms with Crippen molar-refractivity contribution >= 4 is 5.91 Å². The first-order chi connectivity index (χ1) is 6.79. The van der Waals surface area contributed by atoms with Gasteiger partial charge in [-0.1, -0.05) is 25.7 Å². The Morgan fingerprint density at radius 2 is 1.93 bits per heavy atom. The zero-order chi connectivity index (χ0) is 10.2. The van der Waals surface area contributed by atoms with Crippen LogP contribution in [-0.4, -0.2) is 25.5 Å². The molecule has 0 aromatic heterocycles. The molecule has 0 unspecified atom stereocenters. The van der Waals surface area contributed by atoms with Crippen molar-refractivity contribution < 1.29 is 4.79 Å². The SMILES string of the molecule is CC(=O)NCCNCCC1CCCC1. The second kappa shape index (κ2) is 6.82. The van der Waals surface area contributed by atoms with Crippen LogP contribution in [0.2, 0.25) is 0 Å². The maximum Gasteiger partial charge on any atom is 0.216 e. The van der Waals surface area contributed by atoms with Crippen molar-refractivity contribution in [2.75, 3.05) is 19.6 Å². The number of amides is 1. The molecule has 14 heavy (non-hydrogen) atoms. The fourth-order valence-electron chi connectivity index (χ4n) is 2.06. The predicted octanol–water partition coefficient (Wildman–Crippen LogP) is 1.29. The molecule has 0 bridgehead atoms. The zero-order valence-corrected chi connectivity index (χ0v) is 9.14. The third kappa shape index (κ3) is 5.22. The summed E-state index contributed by atoms with van der Waals surface area (Å²) < 4.78 is 0. The number of hydrogen-bond acceptors (Lipinski definition) is 2. The van der Waals surface area contributed by atoms with E-state index < -0.39 is 0 Å². The van der Waals surface area contributed by atoms with Gasteiger partial charge in [-0.2, -0.15) is 0 Å². The third-order valence-electron chi connectivity index (χ3n) is 2.88. The summed E-state index contributed by atoms with van der Waals surface area (Å²) in [6.45, 7) is 4.30. The Morgan fingerprint density at radius 1 is 1.21 bits per heavy atom. The van der Waals surface area contributed by atoms with Crippen LogP contribution in [0.15, 0.2) is 0 Å². The Kier molecular flexibility index (Phi) is 5.60. The van der Waals surface area contributed by atoms with E-state index in [4.69, 9.17) is 0 Å². The van der Waals surface area contributed by atoms with Crippen molar-refractivity contribution in [3.05, 3.63) is 0 Å². The minimum atomic E-state index is 0.0580. The summed E-state index contributed by atoms with van der Waals surface area (Å²) in [5, 5.41) is 6.13. The minimum Gasteiger partial charge on any atom is -0.355 e. The van der Waals surface area contributed by atoms with E-state index in [1.54, 1.807) is 6.92 Å². The monoisotopic (exact) mass is 198 g/mol. The Morgan fingerprint density at radius 3 is 2.57 bits per heavy atom. The molecule has 0 heterocycles. The summed E-state index contributed by atoms with van der Waals surface area (Å²) in [5.74, 6) is 1.02. The first-order valence-corrected chi connectivity index (χ1v) is 5.74. The number of hydrogen-bond donors (Lipinski definition) is 2. The molecule has 1 fully saturated rings. The van der Waals surface area contributed by atoms with Gasteiger partial charge in [0.25, 0.3) is 0 Å². The third-order valence-corrected chi connectivity index (χ3v) is 2.88. The van der Waals surface area contributed by atoms with Crippen LogP contribution in [0, 0.1) is 5.92 Å². The van der Waals surface area contributed by atoms with Crippen molar-refractivity contribution in [2.24, 2.45) is 5.92 Å². The molecule has 0 atom stereocenters. The second-order valence-electron chi connectivity index (χ2n) is 4.17. The second-order valence-corrected chi connectivity index (χ2v) is 4.17. The lowest BCUT2D eigenvalue weighted by atomic mass is 10.0. The van der Waals surface area contributed by atoms with Crippen molar-refractivity contribution in [1.29, 1.82) is 0 Å². The molecule has 82 valence electrons. The summed E-state index contributed by atoms with van der Waals surface area (Å²) in [7, 11) is 0. The summed E-state index contributed by atoms with van der Waals surface area (Å²) in [6.07, 6.45) is 7.01. The maximum atomic E-state index is 10.5. The molecule has 0 saturated heterocycles. The lowest BCUT2D eigenvalue weighted by Gasteiger charge is -2.09. The molecule has 0 aliphatic heterocycles. The molecular formula is C11H22N2O. The molecule has 3 heteroatoms. The molecule has 0 aromatic rings. The van der Waals surface area contributed by atoms with Gasteiger partial charge >= 0.3 is 0 Å². The average molecular weight is 198 g/mol. The van der Waals surface area contributed by atoms with Gasteiger partial charge in [-0.25, -0.2) is 0 Å². The average Bonchev–Trinajstić information content (AvgIpc) is 2.63. The van der Waals surface area contributed by atoms with E-state index in [9.17, 15) is 4.79 Å². The smallest absolute Gasteiger partial charge is 0.216 e. The molecule has 0 radical (unpaired) electrons. The van der Waals surface area contributed by atoms with E-state index in [2.05, 4.69) is 10.6 Å². The first-order valence-electron chi connectivity index (χ1n) is 5.74. The van der Waals surface area contributed by atoms with Gasteiger partial charge in [0.15, 0.2) is 0 Å². The van der Waals surface area contributed by atoms with Crippen LogP contribution in [0.5, 0.6) is 0 Å². The topological polar surface area (TPSA) is 41.1 Å². The van der Waals surface area contributed by atoms with Gasteiger partial charge in [0, 0.05) is 20.0 Å². The molecule has 0 spiro atoms. The Bertz CT molecular complexity index is 165. The lowest BCUT2D eigenvalue weighted by molar-refractivity contribution is -0.118. The summed E-state index contributed by atoms with van der Waals surface area (Å²) in [5.41, 5.74) is 0. The number of carbonyl (C=O) groups excluding carboxylic acids is 1. The highest BCUT2D eigenvalue weighted by Crippen LogP contribution is 2.26.